The van der Waals surface area contributed by atoms with E-state index in [0.29, 0.717) is 24.0 Å². The predicted octanol–water partition coefficient (Wildman–Crippen LogP) is 2.90. The molecule has 2 fully saturated rings. The Balaban J connectivity index is 1.46. The van der Waals surface area contributed by atoms with Crippen LogP contribution in [0.3, 0.4) is 0 Å². The lowest BCUT2D eigenvalue weighted by molar-refractivity contribution is -0.123. The molecule has 1 aromatic rings. The van der Waals surface area contributed by atoms with Gasteiger partial charge in [0.05, 0.1) is 6.04 Å². The summed E-state index contributed by atoms with van der Waals surface area (Å²) in [5, 5.41) is 7.14. The monoisotopic (exact) mass is 322 g/mol. The molecule has 1 aromatic carbocycles. The van der Waals surface area contributed by atoms with Gasteiger partial charge in [0.1, 0.15) is 11.9 Å². The number of carbonyl (C=O) groups is 1. The quantitative estimate of drug-likeness (QED) is 0.896. The lowest BCUT2D eigenvalue weighted by Crippen LogP contribution is -2.45. The van der Waals surface area contributed by atoms with Crippen molar-refractivity contribution in [2.45, 2.75) is 56.7 Å². The molecule has 1 aliphatic carbocycles. The Hall–Kier alpha value is -1.26. The summed E-state index contributed by atoms with van der Waals surface area (Å²) in [7, 11) is 0. The fourth-order valence-corrected chi connectivity index (χ4v) is 3.37. The van der Waals surface area contributed by atoms with Gasteiger partial charge in [0.2, 0.25) is 5.91 Å². The van der Waals surface area contributed by atoms with Crippen molar-refractivity contribution < 1.29 is 9.53 Å². The van der Waals surface area contributed by atoms with E-state index in [-0.39, 0.29) is 18.1 Å². The molecule has 2 N–H and O–H groups in total. The number of halogens is 1. The van der Waals surface area contributed by atoms with Gasteiger partial charge in [0.25, 0.3) is 0 Å². The summed E-state index contributed by atoms with van der Waals surface area (Å²) in [5.74, 6) is 0.915. The number of benzene rings is 1. The van der Waals surface area contributed by atoms with Crippen LogP contribution in [0.2, 0.25) is 5.02 Å². The molecule has 1 saturated carbocycles. The van der Waals surface area contributed by atoms with Crippen LogP contribution in [0.15, 0.2) is 24.3 Å². The third-order valence-corrected chi connectivity index (χ3v) is 4.73. The second kappa shape index (κ2) is 7.34. The number of amides is 1. The number of nitrogens with one attached hydrogen (secondary N) is 2. The minimum absolute atomic E-state index is 0.0308. The summed E-state index contributed by atoms with van der Waals surface area (Å²) in [6.45, 7) is 0.700. The summed E-state index contributed by atoms with van der Waals surface area (Å²) in [4.78, 5) is 12.3. The summed E-state index contributed by atoms with van der Waals surface area (Å²) in [6.07, 6.45) is 6.72. The van der Waals surface area contributed by atoms with E-state index in [4.69, 9.17) is 16.3 Å². The zero-order valence-electron chi connectivity index (χ0n) is 12.7. The highest BCUT2D eigenvalue weighted by atomic mass is 35.5. The molecule has 4 nitrogen and oxygen atoms in total. The zero-order chi connectivity index (χ0) is 15.4. The van der Waals surface area contributed by atoms with Crippen molar-refractivity contribution >= 4 is 17.5 Å². The van der Waals surface area contributed by atoms with Gasteiger partial charge in [-0.15, -0.1) is 0 Å². The van der Waals surface area contributed by atoms with Crippen LogP contribution < -0.4 is 15.4 Å². The Morgan fingerprint density at radius 1 is 1.18 bits per heavy atom. The molecule has 5 heteroatoms. The minimum Gasteiger partial charge on any atom is -0.489 e. The number of hydrogen-bond donors (Lipinski definition) is 2. The maximum Gasteiger partial charge on any atom is 0.237 e. The lowest BCUT2D eigenvalue weighted by Gasteiger charge is -2.24. The van der Waals surface area contributed by atoms with Crippen LogP contribution in [0.25, 0.3) is 0 Å². The lowest BCUT2D eigenvalue weighted by atomic mass is 9.95. The van der Waals surface area contributed by atoms with Gasteiger partial charge < -0.3 is 15.4 Å². The van der Waals surface area contributed by atoms with Crippen molar-refractivity contribution in [2.75, 3.05) is 6.54 Å². The molecule has 120 valence electrons. The highest BCUT2D eigenvalue weighted by Gasteiger charge is 2.31. The van der Waals surface area contributed by atoms with E-state index in [1.165, 1.54) is 19.3 Å². The van der Waals surface area contributed by atoms with E-state index < -0.39 is 0 Å². The van der Waals surface area contributed by atoms with Crippen molar-refractivity contribution in [3.8, 4) is 5.75 Å². The highest BCUT2D eigenvalue weighted by molar-refractivity contribution is 6.30. The molecular weight excluding hydrogens is 300 g/mol. The standard InChI is InChI=1S/C17H23ClN2O2/c18-12-6-8-14(9-7-12)22-15-10-16(19-11-15)17(21)20-13-4-2-1-3-5-13/h6-9,13,15-16,19H,1-5,10-11H2,(H,20,21)/t15-,16-/m0/s1. The molecular formula is C17H23ClN2O2. The van der Waals surface area contributed by atoms with Crippen molar-refractivity contribution in [3.63, 3.8) is 0 Å². The summed E-state index contributed by atoms with van der Waals surface area (Å²) >= 11 is 5.86. The predicted molar refractivity (Wildman–Crippen MR) is 87.3 cm³/mol. The molecule has 1 heterocycles. The molecule has 0 radical (unpaired) electrons. The van der Waals surface area contributed by atoms with E-state index in [0.717, 1.165) is 18.6 Å². The third kappa shape index (κ3) is 4.14. The number of ether oxygens (including phenoxy) is 1. The maximum absolute atomic E-state index is 12.3. The van der Waals surface area contributed by atoms with Gasteiger partial charge in [0.15, 0.2) is 0 Å². The first kappa shape index (κ1) is 15.6. The number of hydrogen-bond acceptors (Lipinski definition) is 3. The summed E-state index contributed by atoms with van der Waals surface area (Å²) in [6, 6.07) is 7.56. The van der Waals surface area contributed by atoms with Crippen LogP contribution in [0.1, 0.15) is 38.5 Å². The zero-order valence-corrected chi connectivity index (χ0v) is 13.4. The summed E-state index contributed by atoms with van der Waals surface area (Å²) < 4.78 is 5.90. The normalized spacial score (nSPS) is 25.9. The largest absolute Gasteiger partial charge is 0.489 e. The molecule has 3 rings (SSSR count). The van der Waals surface area contributed by atoms with Crippen molar-refractivity contribution in [1.82, 2.24) is 10.6 Å². The van der Waals surface area contributed by atoms with Gasteiger partial charge in [-0.2, -0.15) is 0 Å². The van der Waals surface area contributed by atoms with Crippen molar-refractivity contribution in [1.29, 1.82) is 0 Å². The molecule has 1 aliphatic heterocycles. The third-order valence-electron chi connectivity index (χ3n) is 4.47. The second-order valence-corrected chi connectivity index (χ2v) is 6.67. The SMILES string of the molecule is O=C(NC1CCCCC1)[C@@H]1C[C@H](Oc2ccc(Cl)cc2)CN1. The Labute approximate surface area is 136 Å². The molecule has 1 amide bonds. The van der Waals surface area contributed by atoms with Crippen LogP contribution in [-0.4, -0.2) is 30.6 Å². The minimum atomic E-state index is -0.140. The maximum atomic E-state index is 12.3. The van der Waals surface area contributed by atoms with E-state index in [1.807, 2.05) is 24.3 Å². The van der Waals surface area contributed by atoms with E-state index in [2.05, 4.69) is 10.6 Å². The van der Waals surface area contributed by atoms with Crippen LogP contribution >= 0.6 is 11.6 Å². The molecule has 0 spiro atoms. The summed E-state index contributed by atoms with van der Waals surface area (Å²) in [5.41, 5.74) is 0. The molecule has 2 atom stereocenters. The van der Waals surface area contributed by atoms with E-state index in [9.17, 15) is 4.79 Å². The van der Waals surface area contributed by atoms with Crippen LogP contribution in [0.5, 0.6) is 5.75 Å². The fraction of sp³-hybridized carbons (Fsp3) is 0.588. The number of rotatable bonds is 4. The Morgan fingerprint density at radius 2 is 1.91 bits per heavy atom. The molecule has 22 heavy (non-hydrogen) atoms. The van der Waals surface area contributed by atoms with Crippen LogP contribution in [-0.2, 0) is 4.79 Å². The average Bonchev–Trinajstić information content (AvgIpc) is 2.99. The second-order valence-electron chi connectivity index (χ2n) is 6.23. The molecule has 1 saturated heterocycles. The van der Waals surface area contributed by atoms with Gasteiger partial charge in [-0.1, -0.05) is 30.9 Å². The van der Waals surface area contributed by atoms with Gasteiger partial charge in [0, 0.05) is 24.0 Å². The Bertz CT molecular complexity index is 500. The average molecular weight is 323 g/mol. The topological polar surface area (TPSA) is 50.4 Å². The smallest absolute Gasteiger partial charge is 0.237 e. The number of carbonyl (C=O) groups excluding carboxylic acids is 1. The van der Waals surface area contributed by atoms with E-state index in [1.54, 1.807) is 0 Å². The van der Waals surface area contributed by atoms with Gasteiger partial charge in [-0.25, -0.2) is 0 Å². The van der Waals surface area contributed by atoms with E-state index >= 15 is 0 Å². The van der Waals surface area contributed by atoms with Gasteiger partial charge in [-0.05, 0) is 37.1 Å². The first-order valence-electron chi connectivity index (χ1n) is 8.17. The van der Waals surface area contributed by atoms with Crippen LogP contribution in [0, 0.1) is 0 Å². The molecule has 0 unspecified atom stereocenters. The van der Waals surface area contributed by atoms with Crippen molar-refractivity contribution in [2.24, 2.45) is 0 Å². The Morgan fingerprint density at radius 3 is 2.64 bits per heavy atom. The fourth-order valence-electron chi connectivity index (χ4n) is 3.25. The molecule has 0 aromatic heterocycles. The van der Waals surface area contributed by atoms with Crippen molar-refractivity contribution in [3.05, 3.63) is 29.3 Å². The van der Waals surface area contributed by atoms with Gasteiger partial charge in [-0.3, -0.25) is 4.79 Å². The molecule has 0 bridgehead atoms. The van der Waals surface area contributed by atoms with Crippen LogP contribution in [0.4, 0.5) is 0 Å². The Kier molecular flexibility index (Phi) is 5.21. The van der Waals surface area contributed by atoms with Gasteiger partial charge >= 0.3 is 0 Å². The first-order chi connectivity index (χ1) is 10.7. The first-order valence-corrected chi connectivity index (χ1v) is 8.54. The highest BCUT2D eigenvalue weighted by Crippen LogP contribution is 2.21. The molecule has 2 aliphatic rings.